The molecule has 2 N–H and O–H groups in total. The summed E-state index contributed by atoms with van der Waals surface area (Å²) in [5.74, 6) is -0.144. The molecule has 0 fully saturated rings. The van der Waals surface area contributed by atoms with Crippen LogP contribution < -0.4 is 15.4 Å². The van der Waals surface area contributed by atoms with Crippen LogP contribution >= 0.6 is 11.6 Å². The van der Waals surface area contributed by atoms with E-state index >= 15 is 0 Å². The Morgan fingerprint density at radius 2 is 2.05 bits per heavy atom. The van der Waals surface area contributed by atoms with Crippen LogP contribution in [0.5, 0.6) is 5.75 Å². The van der Waals surface area contributed by atoms with Crippen molar-refractivity contribution in [3.63, 3.8) is 0 Å². The molecular weight excluding hydrogens is 304 g/mol. The molecule has 1 aliphatic heterocycles. The fourth-order valence-electron chi connectivity index (χ4n) is 2.22. The second kappa shape index (κ2) is 5.69. The minimum absolute atomic E-state index is 0.0501. The molecule has 2 aromatic carbocycles. The number of anilines is 2. The Labute approximate surface area is 132 Å². The number of rotatable bonds is 2. The summed E-state index contributed by atoms with van der Waals surface area (Å²) in [5.41, 5.74) is 2.13. The molecule has 6 heteroatoms. The minimum Gasteiger partial charge on any atom is -0.482 e. The summed E-state index contributed by atoms with van der Waals surface area (Å²) >= 11 is 6.05. The van der Waals surface area contributed by atoms with Gasteiger partial charge in [0.2, 0.25) is 0 Å². The van der Waals surface area contributed by atoms with Crippen molar-refractivity contribution in [2.45, 2.75) is 6.92 Å². The summed E-state index contributed by atoms with van der Waals surface area (Å²) in [5, 5.41) is 6.05. The van der Waals surface area contributed by atoms with E-state index in [9.17, 15) is 9.59 Å². The summed E-state index contributed by atoms with van der Waals surface area (Å²) in [6, 6.07) is 10.3. The molecule has 0 aliphatic carbocycles. The van der Waals surface area contributed by atoms with Gasteiger partial charge in [-0.3, -0.25) is 9.59 Å². The summed E-state index contributed by atoms with van der Waals surface area (Å²) in [6.45, 7) is 1.77. The van der Waals surface area contributed by atoms with Crippen LogP contribution in [-0.2, 0) is 4.79 Å². The van der Waals surface area contributed by atoms with Crippen LogP contribution in [0, 0.1) is 6.92 Å². The standard InChI is InChI=1S/C16H13ClN2O3/c1-9-11(17)5-3-6-12(9)18-16(21)10-4-2-7-13-15(10)19-14(20)8-22-13/h2-7H,8H2,1H3,(H,18,21)(H,19,20). The molecule has 1 heterocycles. The number of benzene rings is 2. The molecule has 22 heavy (non-hydrogen) atoms. The van der Waals surface area contributed by atoms with Gasteiger partial charge in [-0.15, -0.1) is 0 Å². The first-order valence-corrected chi connectivity index (χ1v) is 7.06. The molecule has 0 bridgehead atoms. The third-order valence-corrected chi connectivity index (χ3v) is 3.82. The maximum atomic E-state index is 12.5. The lowest BCUT2D eigenvalue weighted by Crippen LogP contribution is -2.27. The number of amides is 2. The zero-order valence-electron chi connectivity index (χ0n) is 11.8. The third-order valence-electron chi connectivity index (χ3n) is 3.41. The molecular formula is C16H13ClN2O3. The molecule has 0 saturated heterocycles. The monoisotopic (exact) mass is 316 g/mol. The number of halogens is 1. The van der Waals surface area contributed by atoms with E-state index in [1.165, 1.54) is 0 Å². The van der Waals surface area contributed by atoms with Crippen LogP contribution in [0.1, 0.15) is 15.9 Å². The van der Waals surface area contributed by atoms with E-state index in [-0.39, 0.29) is 18.4 Å². The fraction of sp³-hybridized carbons (Fsp3) is 0.125. The van der Waals surface area contributed by atoms with E-state index < -0.39 is 0 Å². The number of ether oxygens (including phenoxy) is 1. The zero-order chi connectivity index (χ0) is 15.7. The molecule has 0 radical (unpaired) electrons. The third kappa shape index (κ3) is 2.63. The van der Waals surface area contributed by atoms with Crippen LogP contribution in [0.15, 0.2) is 36.4 Å². The summed E-state index contributed by atoms with van der Waals surface area (Å²) in [7, 11) is 0. The number of nitrogens with one attached hydrogen (secondary N) is 2. The van der Waals surface area contributed by atoms with Gasteiger partial charge in [0.25, 0.3) is 11.8 Å². The molecule has 3 rings (SSSR count). The van der Waals surface area contributed by atoms with Crippen LogP contribution in [0.2, 0.25) is 5.02 Å². The fourth-order valence-corrected chi connectivity index (χ4v) is 2.40. The molecule has 112 valence electrons. The Balaban J connectivity index is 1.93. The SMILES string of the molecule is Cc1c(Cl)cccc1NC(=O)c1cccc2c1NC(=O)CO2. The molecule has 0 spiro atoms. The quantitative estimate of drug-likeness (QED) is 0.894. The first kappa shape index (κ1) is 14.4. The molecule has 2 aromatic rings. The highest BCUT2D eigenvalue weighted by atomic mass is 35.5. The lowest BCUT2D eigenvalue weighted by Gasteiger charge is -2.20. The van der Waals surface area contributed by atoms with E-state index in [0.29, 0.717) is 27.7 Å². The van der Waals surface area contributed by atoms with Gasteiger partial charge in [0.15, 0.2) is 6.61 Å². The summed E-state index contributed by atoms with van der Waals surface area (Å²) in [6.07, 6.45) is 0. The molecule has 2 amide bonds. The van der Waals surface area contributed by atoms with Crippen molar-refractivity contribution in [1.29, 1.82) is 0 Å². The minimum atomic E-state index is -0.340. The van der Waals surface area contributed by atoms with Crippen molar-refractivity contribution in [3.8, 4) is 5.75 Å². The summed E-state index contributed by atoms with van der Waals surface area (Å²) in [4.78, 5) is 24.0. The molecule has 0 aromatic heterocycles. The number of para-hydroxylation sites is 1. The Morgan fingerprint density at radius 1 is 1.27 bits per heavy atom. The number of fused-ring (bicyclic) bond motifs is 1. The van der Waals surface area contributed by atoms with Gasteiger partial charge in [0.1, 0.15) is 5.75 Å². The highest BCUT2D eigenvalue weighted by Gasteiger charge is 2.22. The van der Waals surface area contributed by atoms with Gasteiger partial charge in [0, 0.05) is 10.7 Å². The van der Waals surface area contributed by atoms with Crippen molar-refractivity contribution >= 4 is 34.8 Å². The average molecular weight is 317 g/mol. The van der Waals surface area contributed by atoms with Crippen molar-refractivity contribution in [2.75, 3.05) is 17.2 Å². The van der Waals surface area contributed by atoms with E-state index in [0.717, 1.165) is 5.56 Å². The van der Waals surface area contributed by atoms with Gasteiger partial charge in [-0.1, -0.05) is 23.7 Å². The molecule has 0 unspecified atom stereocenters. The Kier molecular flexibility index (Phi) is 3.73. The first-order chi connectivity index (χ1) is 10.6. The van der Waals surface area contributed by atoms with E-state index in [1.54, 1.807) is 36.4 Å². The Morgan fingerprint density at radius 3 is 2.86 bits per heavy atom. The van der Waals surface area contributed by atoms with Crippen molar-refractivity contribution < 1.29 is 14.3 Å². The number of carbonyl (C=O) groups is 2. The lowest BCUT2D eigenvalue weighted by molar-refractivity contribution is -0.118. The topological polar surface area (TPSA) is 67.4 Å². The maximum absolute atomic E-state index is 12.5. The number of carbonyl (C=O) groups excluding carboxylic acids is 2. The normalized spacial score (nSPS) is 12.9. The van der Waals surface area contributed by atoms with Crippen molar-refractivity contribution in [2.24, 2.45) is 0 Å². The summed E-state index contributed by atoms with van der Waals surface area (Å²) < 4.78 is 5.31. The van der Waals surface area contributed by atoms with Gasteiger partial charge < -0.3 is 15.4 Å². The van der Waals surface area contributed by atoms with E-state index in [2.05, 4.69) is 10.6 Å². The number of hydrogen-bond acceptors (Lipinski definition) is 3. The van der Waals surface area contributed by atoms with Crippen molar-refractivity contribution in [1.82, 2.24) is 0 Å². The Hall–Kier alpha value is -2.53. The average Bonchev–Trinajstić information content (AvgIpc) is 2.51. The van der Waals surface area contributed by atoms with Gasteiger partial charge in [-0.05, 0) is 36.8 Å². The predicted octanol–water partition coefficient (Wildman–Crippen LogP) is 3.23. The van der Waals surface area contributed by atoms with E-state index in [1.807, 2.05) is 6.92 Å². The highest BCUT2D eigenvalue weighted by molar-refractivity contribution is 6.31. The van der Waals surface area contributed by atoms with Gasteiger partial charge in [-0.2, -0.15) is 0 Å². The second-order valence-electron chi connectivity index (χ2n) is 4.88. The number of hydrogen-bond donors (Lipinski definition) is 2. The molecule has 0 atom stereocenters. The smallest absolute Gasteiger partial charge is 0.262 e. The zero-order valence-corrected chi connectivity index (χ0v) is 12.5. The Bertz CT molecular complexity index is 774. The van der Waals surface area contributed by atoms with Gasteiger partial charge in [-0.25, -0.2) is 0 Å². The predicted molar refractivity (Wildman–Crippen MR) is 84.7 cm³/mol. The van der Waals surface area contributed by atoms with E-state index in [4.69, 9.17) is 16.3 Å². The van der Waals surface area contributed by atoms with Crippen molar-refractivity contribution in [3.05, 3.63) is 52.5 Å². The largest absolute Gasteiger partial charge is 0.482 e. The van der Waals surface area contributed by atoms with Crippen LogP contribution in [-0.4, -0.2) is 18.4 Å². The highest BCUT2D eigenvalue weighted by Crippen LogP contribution is 2.32. The van der Waals surface area contributed by atoms with Crippen LogP contribution in [0.4, 0.5) is 11.4 Å². The second-order valence-corrected chi connectivity index (χ2v) is 5.29. The molecule has 1 aliphatic rings. The first-order valence-electron chi connectivity index (χ1n) is 6.68. The van der Waals surface area contributed by atoms with Gasteiger partial charge >= 0.3 is 0 Å². The van der Waals surface area contributed by atoms with Crippen LogP contribution in [0.3, 0.4) is 0 Å². The van der Waals surface area contributed by atoms with Crippen LogP contribution in [0.25, 0.3) is 0 Å². The molecule has 0 saturated carbocycles. The lowest BCUT2D eigenvalue weighted by atomic mass is 10.1. The molecule has 5 nitrogen and oxygen atoms in total. The van der Waals surface area contributed by atoms with Gasteiger partial charge in [0.05, 0.1) is 11.3 Å². The maximum Gasteiger partial charge on any atom is 0.262 e.